The average molecular weight is 374 g/mol. The molecule has 0 heterocycles. The quantitative estimate of drug-likeness (QED) is 0.374. The Morgan fingerprint density at radius 3 is 1.66 bits per heavy atom. The van der Waals surface area contributed by atoms with Crippen molar-refractivity contribution in [1.29, 1.82) is 0 Å². The maximum atomic E-state index is 13.4. The lowest BCUT2D eigenvalue weighted by Crippen LogP contribution is -2.36. The van der Waals surface area contributed by atoms with Crippen LogP contribution in [0.3, 0.4) is 0 Å². The molecule has 0 saturated carbocycles. The highest BCUT2D eigenvalue weighted by molar-refractivity contribution is 6.15. The van der Waals surface area contributed by atoms with Gasteiger partial charge in [0.15, 0.2) is 5.78 Å². The molecule has 2 aliphatic rings. The van der Waals surface area contributed by atoms with Crippen LogP contribution in [0.4, 0.5) is 0 Å². The van der Waals surface area contributed by atoms with E-state index >= 15 is 0 Å². The summed E-state index contributed by atoms with van der Waals surface area (Å²) in [7, 11) is 1.72. The summed E-state index contributed by atoms with van der Waals surface area (Å²) in [6.45, 7) is 0. The van der Waals surface area contributed by atoms with Crippen molar-refractivity contribution in [2.24, 2.45) is 0 Å². The lowest BCUT2D eigenvalue weighted by molar-refractivity contribution is 0.103. The fourth-order valence-electron chi connectivity index (χ4n) is 5.36. The smallest absolute Gasteiger partial charge is 0.193 e. The third-order valence-electron chi connectivity index (χ3n) is 6.39. The number of ether oxygens (including phenoxy) is 1. The zero-order valence-corrected chi connectivity index (χ0v) is 16.0. The number of benzene rings is 4. The lowest BCUT2D eigenvalue weighted by atomic mass is 9.61. The van der Waals surface area contributed by atoms with Crippen LogP contribution >= 0.6 is 0 Å². The largest absolute Gasteiger partial charge is 0.496 e. The van der Waals surface area contributed by atoms with Crippen LogP contribution < -0.4 is 4.74 Å². The van der Waals surface area contributed by atoms with Gasteiger partial charge in [0, 0.05) is 16.7 Å². The Labute approximate surface area is 169 Å². The summed E-state index contributed by atoms with van der Waals surface area (Å²) in [6, 6.07) is 30.8. The first-order valence-corrected chi connectivity index (χ1v) is 9.79. The van der Waals surface area contributed by atoms with Crippen molar-refractivity contribution in [3.8, 4) is 16.9 Å². The van der Waals surface area contributed by atoms with Crippen molar-refractivity contribution in [2.45, 2.75) is 5.41 Å². The first-order valence-electron chi connectivity index (χ1n) is 9.79. The van der Waals surface area contributed by atoms with Gasteiger partial charge in [-0.2, -0.15) is 0 Å². The summed E-state index contributed by atoms with van der Waals surface area (Å²) >= 11 is 0. The van der Waals surface area contributed by atoms with Crippen molar-refractivity contribution in [2.75, 3.05) is 7.11 Å². The standard InChI is InChI=1S/C27H18O2/c1-29-24-16-8-12-18-17-9-2-5-13-21(17)27(25(18)24)22-14-6-3-10-19(22)26(28)20-11-4-7-15-23(20)27/h2-16H,1H3. The van der Waals surface area contributed by atoms with Crippen LogP contribution in [0.25, 0.3) is 11.1 Å². The molecule has 4 aromatic rings. The highest BCUT2D eigenvalue weighted by atomic mass is 16.5. The van der Waals surface area contributed by atoms with Crippen LogP contribution in [0.1, 0.15) is 38.2 Å². The van der Waals surface area contributed by atoms with Crippen molar-refractivity contribution >= 4 is 5.78 Å². The lowest BCUT2D eigenvalue weighted by Gasteiger charge is -2.39. The van der Waals surface area contributed by atoms with E-state index in [0.29, 0.717) is 0 Å². The maximum Gasteiger partial charge on any atom is 0.193 e. The molecule has 0 N–H and O–H groups in total. The third-order valence-corrected chi connectivity index (χ3v) is 6.39. The molecule has 0 amide bonds. The number of hydrogen-bond acceptors (Lipinski definition) is 2. The fourth-order valence-corrected chi connectivity index (χ4v) is 5.36. The molecule has 2 heteroatoms. The minimum absolute atomic E-state index is 0.0858. The Hall–Kier alpha value is -3.65. The van der Waals surface area contributed by atoms with Gasteiger partial charge in [-0.05, 0) is 33.9 Å². The number of hydrogen-bond donors (Lipinski definition) is 0. The summed E-state index contributed by atoms with van der Waals surface area (Å²) in [5.41, 5.74) is 7.69. The van der Waals surface area contributed by atoms with Crippen LogP contribution in [-0.4, -0.2) is 12.9 Å². The van der Waals surface area contributed by atoms with Gasteiger partial charge >= 0.3 is 0 Å². The number of carbonyl (C=O) groups is 1. The SMILES string of the molecule is COc1cccc2c1C1(c3ccccc3C(=O)c3ccccc31)c1ccccc1-2. The second-order valence-corrected chi connectivity index (χ2v) is 7.60. The van der Waals surface area contributed by atoms with Crippen molar-refractivity contribution < 1.29 is 9.53 Å². The third kappa shape index (κ3) is 1.84. The van der Waals surface area contributed by atoms with E-state index in [9.17, 15) is 4.79 Å². The van der Waals surface area contributed by atoms with E-state index in [1.807, 2.05) is 48.5 Å². The van der Waals surface area contributed by atoms with E-state index in [1.54, 1.807) is 7.11 Å². The van der Waals surface area contributed by atoms with Gasteiger partial charge in [-0.3, -0.25) is 4.79 Å². The Morgan fingerprint density at radius 1 is 0.586 bits per heavy atom. The van der Waals surface area contributed by atoms with Crippen LogP contribution in [0, 0.1) is 0 Å². The first kappa shape index (κ1) is 16.3. The molecule has 0 aromatic heterocycles. The van der Waals surface area contributed by atoms with Crippen LogP contribution in [-0.2, 0) is 5.41 Å². The molecule has 0 atom stereocenters. The summed E-state index contributed by atoms with van der Waals surface area (Å²) in [5.74, 6) is 0.931. The summed E-state index contributed by atoms with van der Waals surface area (Å²) in [6.07, 6.45) is 0. The van der Waals surface area contributed by atoms with E-state index in [2.05, 4.69) is 42.5 Å². The summed E-state index contributed by atoms with van der Waals surface area (Å²) < 4.78 is 5.89. The van der Waals surface area contributed by atoms with Crippen LogP contribution in [0.15, 0.2) is 91.0 Å². The summed E-state index contributed by atoms with van der Waals surface area (Å²) in [5, 5.41) is 0. The Balaban J connectivity index is 1.90. The van der Waals surface area contributed by atoms with Gasteiger partial charge in [-0.15, -0.1) is 0 Å². The highest BCUT2D eigenvalue weighted by Gasteiger charge is 2.52. The Bertz CT molecular complexity index is 1270. The van der Waals surface area contributed by atoms with Crippen LogP contribution in [0.5, 0.6) is 5.75 Å². The second-order valence-electron chi connectivity index (χ2n) is 7.60. The Morgan fingerprint density at radius 2 is 1.07 bits per heavy atom. The number of carbonyl (C=O) groups excluding carboxylic acids is 1. The van der Waals surface area contributed by atoms with Gasteiger partial charge in [0.1, 0.15) is 5.75 Å². The first-order chi connectivity index (χ1) is 14.3. The predicted octanol–water partition coefficient (Wildman–Crippen LogP) is 5.60. The summed E-state index contributed by atoms with van der Waals surface area (Å²) in [4.78, 5) is 13.4. The molecule has 0 radical (unpaired) electrons. The highest BCUT2D eigenvalue weighted by Crippen LogP contribution is 2.61. The van der Waals surface area contributed by atoms with E-state index < -0.39 is 5.41 Å². The zero-order chi connectivity index (χ0) is 19.6. The van der Waals surface area contributed by atoms with Gasteiger partial charge in [0.25, 0.3) is 0 Å². The molecule has 0 bridgehead atoms. The molecule has 2 nitrogen and oxygen atoms in total. The molecular weight excluding hydrogens is 356 g/mol. The fraction of sp³-hybridized carbons (Fsp3) is 0.0741. The number of methoxy groups -OCH3 is 1. The molecule has 1 spiro atoms. The normalized spacial score (nSPS) is 14.7. The van der Waals surface area contributed by atoms with Gasteiger partial charge in [0.2, 0.25) is 0 Å². The second kappa shape index (κ2) is 5.68. The topological polar surface area (TPSA) is 26.3 Å². The number of fused-ring (bicyclic) bond motifs is 9. The molecule has 0 fully saturated rings. The van der Waals surface area contributed by atoms with E-state index in [4.69, 9.17) is 4.74 Å². The minimum atomic E-state index is -0.570. The maximum absolute atomic E-state index is 13.4. The van der Waals surface area contributed by atoms with Gasteiger partial charge in [-0.1, -0.05) is 84.9 Å². The average Bonchev–Trinajstić information content (AvgIpc) is 3.09. The number of ketones is 1. The van der Waals surface area contributed by atoms with Gasteiger partial charge in [-0.25, -0.2) is 0 Å². The molecule has 6 rings (SSSR count). The molecule has 0 aliphatic heterocycles. The van der Waals surface area contributed by atoms with Crippen molar-refractivity contribution in [1.82, 2.24) is 0 Å². The van der Waals surface area contributed by atoms with Crippen LogP contribution in [0.2, 0.25) is 0 Å². The minimum Gasteiger partial charge on any atom is -0.496 e. The monoisotopic (exact) mass is 374 g/mol. The van der Waals surface area contributed by atoms with Gasteiger partial charge in [0.05, 0.1) is 12.5 Å². The van der Waals surface area contributed by atoms with E-state index in [0.717, 1.165) is 33.6 Å². The molecule has 29 heavy (non-hydrogen) atoms. The van der Waals surface area contributed by atoms with Gasteiger partial charge < -0.3 is 4.74 Å². The predicted molar refractivity (Wildman–Crippen MR) is 114 cm³/mol. The Kier molecular flexibility index (Phi) is 3.20. The molecule has 138 valence electrons. The van der Waals surface area contributed by atoms with Crippen molar-refractivity contribution in [3.63, 3.8) is 0 Å². The molecule has 2 aliphatic carbocycles. The molecular formula is C27H18O2. The van der Waals surface area contributed by atoms with Crippen molar-refractivity contribution in [3.05, 3.63) is 124 Å². The molecule has 4 aromatic carbocycles. The van der Waals surface area contributed by atoms with E-state index in [-0.39, 0.29) is 5.78 Å². The molecule has 0 saturated heterocycles. The molecule has 0 unspecified atom stereocenters. The number of rotatable bonds is 1. The van der Waals surface area contributed by atoms with E-state index in [1.165, 1.54) is 16.7 Å². The zero-order valence-electron chi connectivity index (χ0n) is 16.0.